The summed E-state index contributed by atoms with van der Waals surface area (Å²) >= 11 is 0. The molecule has 66 valence electrons. The lowest BCUT2D eigenvalue weighted by atomic mass is 10.1. The molecule has 1 rings (SSSR count). The molecule has 0 aromatic rings. The number of hydrogen-bond donors (Lipinski definition) is 0. The van der Waals surface area contributed by atoms with Crippen LogP contribution in [0.5, 0.6) is 0 Å². The first-order valence-corrected chi connectivity index (χ1v) is 4.98. The van der Waals surface area contributed by atoms with Crippen LogP contribution in [0.4, 0.5) is 0 Å². The Morgan fingerprint density at radius 2 is 2.09 bits per heavy atom. The Morgan fingerprint density at radius 3 is 2.55 bits per heavy atom. The Morgan fingerprint density at radius 1 is 1.36 bits per heavy atom. The van der Waals surface area contributed by atoms with Crippen molar-refractivity contribution in [3.05, 3.63) is 0 Å². The van der Waals surface area contributed by atoms with Gasteiger partial charge in [0.2, 0.25) is 0 Å². The van der Waals surface area contributed by atoms with Crippen molar-refractivity contribution in [3.63, 3.8) is 0 Å². The molecule has 1 aliphatic carbocycles. The van der Waals surface area contributed by atoms with Gasteiger partial charge in [-0.3, -0.25) is 0 Å². The highest BCUT2D eigenvalue weighted by Gasteiger charge is 2.25. The van der Waals surface area contributed by atoms with Gasteiger partial charge in [0, 0.05) is 6.61 Å². The summed E-state index contributed by atoms with van der Waals surface area (Å²) in [4.78, 5) is 0. The molecule has 0 amide bonds. The van der Waals surface area contributed by atoms with Gasteiger partial charge in [0.1, 0.15) is 0 Å². The quantitative estimate of drug-likeness (QED) is 0.574. The Bertz CT molecular complexity index is 91.0. The van der Waals surface area contributed by atoms with Crippen LogP contribution in [0, 0.1) is 5.92 Å². The van der Waals surface area contributed by atoms with Gasteiger partial charge in [-0.2, -0.15) is 0 Å². The molecule has 0 heterocycles. The molecule has 11 heavy (non-hydrogen) atoms. The lowest BCUT2D eigenvalue weighted by Gasteiger charge is -2.15. The zero-order chi connectivity index (χ0) is 8.10. The molecule has 0 radical (unpaired) electrons. The van der Waals surface area contributed by atoms with E-state index >= 15 is 0 Å². The molecule has 0 bridgehead atoms. The Hall–Kier alpha value is -0.0400. The van der Waals surface area contributed by atoms with E-state index in [2.05, 4.69) is 13.8 Å². The third-order valence-electron chi connectivity index (χ3n) is 2.31. The highest BCUT2D eigenvalue weighted by atomic mass is 16.5. The Kier molecular flexibility index (Phi) is 3.92. The van der Waals surface area contributed by atoms with Gasteiger partial charge in [-0.25, -0.2) is 0 Å². The predicted molar refractivity (Wildman–Crippen MR) is 47.7 cm³/mol. The molecule has 1 nitrogen and oxygen atoms in total. The molecule has 1 aliphatic rings. The van der Waals surface area contributed by atoms with Gasteiger partial charge in [0.25, 0.3) is 0 Å². The third kappa shape index (κ3) is 3.76. The summed E-state index contributed by atoms with van der Waals surface area (Å²) in [6.45, 7) is 5.21. The van der Waals surface area contributed by atoms with Crippen molar-refractivity contribution in [2.45, 2.75) is 52.1 Å². The number of ether oxygens (including phenoxy) is 1. The summed E-state index contributed by atoms with van der Waals surface area (Å²) in [6, 6.07) is 0. The second kappa shape index (κ2) is 4.76. The molecule has 0 aromatic carbocycles. The van der Waals surface area contributed by atoms with Gasteiger partial charge in [0.05, 0.1) is 6.10 Å². The van der Waals surface area contributed by atoms with E-state index in [0.717, 1.165) is 12.5 Å². The second-order valence-electron chi connectivity index (χ2n) is 3.55. The maximum Gasteiger partial charge on any atom is 0.0577 e. The van der Waals surface area contributed by atoms with E-state index in [-0.39, 0.29) is 0 Å². The van der Waals surface area contributed by atoms with E-state index in [1.54, 1.807) is 0 Å². The van der Waals surface area contributed by atoms with Crippen molar-refractivity contribution in [1.82, 2.24) is 0 Å². The molecule has 1 fully saturated rings. The van der Waals surface area contributed by atoms with E-state index < -0.39 is 0 Å². The highest BCUT2D eigenvalue weighted by molar-refractivity contribution is 4.76. The molecule has 0 saturated heterocycles. The zero-order valence-corrected chi connectivity index (χ0v) is 7.81. The van der Waals surface area contributed by atoms with Gasteiger partial charge >= 0.3 is 0 Å². The summed E-state index contributed by atoms with van der Waals surface area (Å²) in [7, 11) is 0. The van der Waals surface area contributed by atoms with Gasteiger partial charge in [-0.05, 0) is 25.7 Å². The van der Waals surface area contributed by atoms with Gasteiger partial charge < -0.3 is 4.74 Å². The van der Waals surface area contributed by atoms with Crippen LogP contribution in [0.2, 0.25) is 0 Å². The van der Waals surface area contributed by atoms with Crippen LogP contribution < -0.4 is 0 Å². The van der Waals surface area contributed by atoms with Crippen LogP contribution in [0.1, 0.15) is 46.0 Å². The van der Waals surface area contributed by atoms with Crippen molar-refractivity contribution in [1.29, 1.82) is 0 Å². The fraction of sp³-hybridized carbons (Fsp3) is 1.00. The van der Waals surface area contributed by atoms with Crippen molar-refractivity contribution >= 4 is 0 Å². The molecule has 1 atom stereocenters. The molecule has 0 aromatic heterocycles. The van der Waals surface area contributed by atoms with Crippen molar-refractivity contribution in [2.75, 3.05) is 6.61 Å². The molecule has 1 saturated carbocycles. The fourth-order valence-electron chi connectivity index (χ4n) is 1.55. The van der Waals surface area contributed by atoms with Crippen LogP contribution in [-0.2, 0) is 4.74 Å². The van der Waals surface area contributed by atoms with Crippen LogP contribution >= 0.6 is 0 Å². The first kappa shape index (κ1) is 9.05. The molecular formula is C10H20O. The number of hydrogen-bond acceptors (Lipinski definition) is 1. The van der Waals surface area contributed by atoms with Crippen molar-refractivity contribution in [3.8, 4) is 0 Å². The minimum absolute atomic E-state index is 0.567. The lowest BCUT2D eigenvalue weighted by Crippen LogP contribution is -2.13. The molecule has 0 aliphatic heterocycles. The van der Waals surface area contributed by atoms with Crippen molar-refractivity contribution in [2.24, 2.45) is 5.92 Å². The van der Waals surface area contributed by atoms with E-state index in [1.807, 2.05) is 0 Å². The first-order valence-electron chi connectivity index (χ1n) is 4.98. The van der Waals surface area contributed by atoms with Crippen LogP contribution in [0.25, 0.3) is 0 Å². The largest absolute Gasteiger partial charge is 0.378 e. The van der Waals surface area contributed by atoms with E-state index in [1.165, 1.54) is 32.1 Å². The van der Waals surface area contributed by atoms with Gasteiger partial charge in [-0.15, -0.1) is 0 Å². The van der Waals surface area contributed by atoms with Gasteiger partial charge in [-0.1, -0.05) is 26.2 Å². The second-order valence-corrected chi connectivity index (χ2v) is 3.55. The smallest absolute Gasteiger partial charge is 0.0577 e. The normalized spacial score (nSPS) is 20.2. The standard InChI is InChI=1S/C10H20O/c1-3-5-10(11-4-2)8-9-6-7-9/h9-10H,3-8H2,1-2H3. The Labute approximate surface area is 70.1 Å². The van der Waals surface area contributed by atoms with Crippen LogP contribution in [0.3, 0.4) is 0 Å². The monoisotopic (exact) mass is 156 g/mol. The summed E-state index contributed by atoms with van der Waals surface area (Å²) in [5.41, 5.74) is 0. The molecule has 1 unspecified atom stereocenters. The maximum atomic E-state index is 5.63. The summed E-state index contributed by atoms with van der Waals surface area (Å²) < 4.78 is 5.63. The topological polar surface area (TPSA) is 9.23 Å². The predicted octanol–water partition coefficient (Wildman–Crippen LogP) is 2.99. The van der Waals surface area contributed by atoms with Gasteiger partial charge in [0.15, 0.2) is 0 Å². The average molecular weight is 156 g/mol. The van der Waals surface area contributed by atoms with E-state index in [9.17, 15) is 0 Å². The fourth-order valence-corrected chi connectivity index (χ4v) is 1.55. The zero-order valence-electron chi connectivity index (χ0n) is 7.81. The summed E-state index contributed by atoms with van der Waals surface area (Å²) in [5.74, 6) is 1.01. The third-order valence-corrected chi connectivity index (χ3v) is 2.31. The molecule has 0 N–H and O–H groups in total. The van der Waals surface area contributed by atoms with Crippen molar-refractivity contribution < 1.29 is 4.74 Å². The molecule has 1 heteroatoms. The maximum absolute atomic E-state index is 5.63. The lowest BCUT2D eigenvalue weighted by molar-refractivity contribution is 0.0463. The number of rotatable bonds is 6. The van der Waals surface area contributed by atoms with Crippen LogP contribution in [-0.4, -0.2) is 12.7 Å². The SMILES string of the molecule is CCCC(CC1CC1)OCC. The van der Waals surface area contributed by atoms with Crippen LogP contribution in [0.15, 0.2) is 0 Å². The molecule has 0 spiro atoms. The minimum Gasteiger partial charge on any atom is -0.378 e. The van der Waals surface area contributed by atoms with E-state index in [4.69, 9.17) is 4.74 Å². The first-order chi connectivity index (χ1) is 5.36. The molecular weight excluding hydrogens is 136 g/mol. The summed E-state index contributed by atoms with van der Waals surface area (Å²) in [5, 5.41) is 0. The van der Waals surface area contributed by atoms with E-state index in [0.29, 0.717) is 6.10 Å². The summed E-state index contributed by atoms with van der Waals surface area (Å²) in [6.07, 6.45) is 7.31. The average Bonchev–Trinajstić information content (AvgIpc) is 2.73. The highest BCUT2D eigenvalue weighted by Crippen LogP contribution is 2.35. The Balaban J connectivity index is 2.08. The minimum atomic E-state index is 0.567.